The van der Waals surface area contributed by atoms with Gasteiger partial charge < -0.3 is 15.3 Å². The predicted octanol–water partition coefficient (Wildman–Crippen LogP) is -0.536. The molecular formula is C12H17N3O5. The van der Waals surface area contributed by atoms with Crippen molar-refractivity contribution in [2.45, 2.75) is 25.8 Å². The molecule has 0 bridgehead atoms. The van der Waals surface area contributed by atoms with Crippen LogP contribution >= 0.6 is 0 Å². The summed E-state index contributed by atoms with van der Waals surface area (Å²) in [5.41, 5.74) is 0. The minimum absolute atomic E-state index is 0.0409. The fourth-order valence-electron chi connectivity index (χ4n) is 1.89. The van der Waals surface area contributed by atoms with Crippen LogP contribution < -0.4 is 10.6 Å². The molecule has 1 fully saturated rings. The molecule has 110 valence electrons. The number of carboxylic acids is 1. The minimum atomic E-state index is -1.26. The Balaban J connectivity index is 2.37. The van der Waals surface area contributed by atoms with E-state index in [1.165, 1.54) is 11.8 Å². The number of amides is 4. The van der Waals surface area contributed by atoms with Crippen molar-refractivity contribution in [3.05, 3.63) is 12.2 Å². The molecule has 0 spiro atoms. The van der Waals surface area contributed by atoms with Gasteiger partial charge in [-0.3, -0.25) is 14.9 Å². The number of urea groups is 1. The van der Waals surface area contributed by atoms with Crippen molar-refractivity contribution in [1.82, 2.24) is 15.5 Å². The van der Waals surface area contributed by atoms with Gasteiger partial charge in [0.05, 0.1) is 0 Å². The Bertz CT molecular complexity index is 438. The van der Waals surface area contributed by atoms with Crippen molar-refractivity contribution in [3.63, 3.8) is 0 Å². The van der Waals surface area contributed by atoms with Gasteiger partial charge in [-0.15, -0.1) is 0 Å². The number of nitrogens with one attached hydrogen (secondary N) is 2. The fraction of sp³-hybridized carbons (Fsp3) is 0.500. The monoisotopic (exact) mass is 283 g/mol. The second-order valence-corrected chi connectivity index (χ2v) is 4.43. The summed E-state index contributed by atoms with van der Waals surface area (Å²) in [6.45, 7) is 2.28. The lowest BCUT2D eigenvalue weighted by molar-refractivity contribution is -0.131. The number of rotatable bonds is 3. The second kappa shape index (κ2) is 7.27. The minimum Gasteiger partial charge on any atom is -0.478 e. The Kier molecular flexibility index (Phi) is 5.70. The van der Waals surface area contributed by atoms with E-state index in [2.05, 4.69) is 10.6 Å². The van der Waals surface area contributed by atoms with Crippen LogP contribution in [-0.2, 0) is 14.4 Å². The van der Waals surface area contributed by atoms with Gasteiger partial charge >= 0.3 is 12.0 Å². The zero-order valence-corrected chi connectivity index (χ0v) is 11.1. The molecule has 1 aliphatic rings. The highest BCUT2D eigenvalue weighted by molar-refractivity contribution is 6.02. The van der Waals surface area contributed by atoms with E-state index in [0.717, 1.165) is 6.08 Å². The standard InChI is InChI=1S/C12H17N3O5/c1-8(16)13-9-4-6-15(7-5-9)12(20)14-10(17)2-3-11(18)19/h2-3,9H,4-7H2,1H3,(H,13,16)(H,18,19)(H,14,17,20)/b3-2+. The Morgan fingerprint density at radius 3 is 2.25 bits per heavy atom. The topological polar surface area (TPSA) is 116 Å². The molecule has 1 aliphatic heterocycles. The largest absolute Gasteiger partial charge is 0.478 e. The summed E-state index contributed by atoms with van der Waals surface area (Å²) in [7, 11) is 0. The second-order valence-electron chi connectivity index (χ2n) is 4.43. The number of hydrogen-bond acceptors (Lipinski definition) is 4. The summed E-state index contributed by atoms with van der Waals surface area (Å²) < 4.78 is 0. The van der Waals surface area contributed by atoms with Crippen LogP contribution in [0.25, 0.3) is 0 Å². The predicted molar refractivity (Wildman–Crippen MR) is 68.7 cm³/mol. The van der Waals surface area contributed by atoms with Crippen molar-refractivity contribution in [1.29, 1.82) is 0 Å². The molecule has 0 aliphatic carbocycles. The van der Waals surface area contributed by atoms with E-state index in [1.807, 2.05) is 0 Å². The van der Waals surface area contributed by atoms with E-state index in [0.29, 0.717) is 32.0 Å². The van der Waals surface area contributed by atoms with Crippen LogP contribution in [0.1, 0.15) is 19.8 Å². The Labute approximate surface area is 115 Å². The number of nitrogens with zero attached hydrogens (tertiary/aromatic N) is 1. The van der Waals surface area contributed by atoms with Crippen LogP contribution in [0, 0.1) is 0 Å². The highest BCUT2D eigenvalue weighted by atomic mass is 16.4. The molecule has 1 saturated heterocycles. The molecule has 0 unspecified atom stereocenters. The number of carboxylic acid groups (broad SMARTS) is 1. The molecule has 3 N–H and O–H groups in total. The fourth-order valence-corrected chi connectivity index (χ4v) is 1.89. The van der Waals surface area contributed by atoms with Crippen LogP contribution in [0.5, 0.6) is 0 Å². The van der Waals surface area contributed by atoms with Gasteiger partial charge in [-0.25, -0.2) is 9.59 Å². The first kappa shape index (κ1) is 15.7. The number of carbonyl (C=O) groups is 4. The normalized spacial score (nSPS) is 15.9. The van der Waals surface area contributed by atoms with E-state index in [1.54, 1.807) is 0 Å². The molecule has 1 rings (SSSR count). The number of likely N-dealkylation sites (tertiary alicyclic amines) is 1. The molecule has 8 heteroatoms. The summed E-state index contributed by atoms with van der Waals surface area (Å²) in [6, 6.07) is -0.523. The molecule has 0 radical (unpaired) electrons. The zero-order valence-electron chi connectivity index (χ0n) is 11.1. The van der Waals surface area contributed by atoms with Crippen molar-refractivity contribution in [2.24, 2.45) is 0 Å². The van der Waals surface area contributed by atoms with E-state index < -0.39 is 17.9 Å². The number of hydrogen-bond donors (Lipinski definition) is 3. The molecule has 1 heterocycles. The molecule has 0 saturated carbocycles. The number of piperidine rings is 1. The zero-order chi connectivity index (χ0) is 15.1. The molecule has 0 aromatic rings. The van der Waals surface area contributed by atoms with Gasteiger partial charge in [0, 0.05) is 38.2 Å². The van der Waals surface area contributed by atoms with Gasteiger partial charge in [0.15, 0.2) is 0 Å². The molecule has 0 atom stereocenters. The first-order valence-corrected chi connectivity index (χ1v) is 6.16. The number of imide groups is 1. The first-order valence-electron chi connectivity index (χ1n) is 6.16. The molecule has 0 aromatic heterocycles. The highest BCUT2D eigenvalue weighted by Gasteiger charge is 2.23. The van der Waals surface area contributed by atoms with Gasteiger partial charge in [-0.2, -0.15) is 0 Å². The van der Waals surface area contributed by atoms with Gasteiger partial charge in [0.25, 0.3) is 5.91 Å². The van der Waals surface area contributed by atoms with Gasteiger partial charge in [0.1, 0.15) is 0 Å². The number of carbonyl (C=O) groups excluding carboxylic acids is 3. The van der Waals surface area contributed by atoms with E-state index in [-0.39, 0.29) is 11.9 Å². The maximum Gasteiger partial charge on any atom is 0.328 e. The smallest absolute Gasteiger partial charge is 0.328 e. The van der Waals surface area contributed by atoms with Crippen LogP contribution in [0.15, 0.2) is 12.2 Å². The summed E-state index contributed by atoms with van der Waals surface area (Å²) in [5.74, 6) is -2.15. The highest BCUT2D eigenvalue weighted by Crippen LogP contribution is 2.10. The summed E-state index contributed by atoms with van der Waals surface area (Å²) in [4.78, 5) is 45.5. The molecule has 20 heavy (non-hydrogen) atoms. The third kappa shape index (κ3) is 5.51. The van der Waals surface area contributed by atoms with Crippen LogP contribution in [0.2, 0.25) is 0 Å². The average molecular weight is 283 g/mol. The molecule has 8 nitrogen and oxygen atoms in total. The van der Waals surface area contributed by atoms with E-state index in [9.17, 15) is 19.2 Å². The van der Waals surface area contributed by atoms with Crippen molar-refractivity contribution < 1.29 is 24.3 Å². The maximum absolute atomic E-state index is 11.7. The van der Waals surface area contributed by atoms with E-state index >= 15 is 0 Å². The first-order chi connectivity index (χ1) is 9.38. The van der Waals surface area contributed by atoms with Crippen LogP contribution in [-0.4, -0.2) is 53.0 Å². The Morgan fingerprint density at radius 1 is 1.15 bits per heavy atom. The van der Waals surface area contributed by atoms with Crippen molar-refractivity contribution >= 4 is 23.8 Å². The maximum atomic E-state index is 11.7. The average Bonchev–Trinajstić information content (AvgIpc) is 2.36. The van der Waals surface area contributed by atoms with E-state index in [4.69, 9.17) is 5.11 Å². The lowest BCUT2D eigenvalue weighted by atomic mass is 10.1. The lowest BCUT2D eigenvalue weighted by Crippen LogP contribution is -2.50. The Hall–Kier alpha value is -2.38. The third-order valence-electron chi connectivity index (χ3n) is 2.80. The van der Waals surface area contributed by atoms with Crippen LogP contribution in [0.3, 0.4) is 0 Å². The summed E-state index contributed by atoms with van der Waals surface area (Å²) in [6.07, 6.45) is 2.67. The quantitative estimate of drug-likeness (QED) is 0.602. The molecule has 4 amide bonds. The van der Waals surface area contributed by atoms with Gasteiger partial charge in [-0.1, -0.05) is 0 Å². The summed E-state index contributed by atoms with van der Waals surface area (Å²) in [5, 5.41) is 13.2. The van der Waals surface area contributed by atoms with Crippen molar-refractivity contribution in [2.75, 3.05) is 13.1 Å². The lowest BCUT2D eigenvalue weighted by Gasteiger charge is -2.31. The van der Waals surface area contributed by atoms with Gasteiger partial charge in [0.2, 0.25) is 5.91 Å². The summed E-state index contributed by atoms with van der Waals surface area (Å²) >= 11 is 0. The van der Waals surface area contributed by atoms with Gasteiger partial charge in [-0.05, 0) is 12.8 Å². The number of aliphatic carboxylic acids is 1. The van der Waals surface area contributed by atoms with Crippen molar-refractivity contribution in [3.8, 4) is 0 Å². The molecule has 0 aromatic carbocycles. The third-order valence-corrected chi connectivity index (χ3v) is 2.80. The SMILES string of the molecule is CC(=O)NC1CCN(C(=O)NC(=O)/C=C/C(=O)O)CC1. The Morgan fingerprint density at radius 2 is 1.75 bits per heavy atom. The van der Waals surface area contributed by atoms with Crippen LogP contribution in [0.4, 0.5) is 4.79 Å². The molecular weight excluding hydrogens is 266 g/mol.